The van der Waals surface area contributed by atoms with E-state index in [-0.39, 0.29) is 11.7 Å². The molecule has 2 aliphatic rings. The molecule has 0 aromatic heterocycles. The van der Waals surface area contributed by atoms with Gasteiger partial charge in [0.1, 0.15) is 5.60 Å². The Balaban J connectivity index is 2.08. The zero-order chi connectivity index (χ0) is 13.0. The van der Waals surface area contributed by atoms with Crippen molar-refractivity contribution >= 4 is 5.78 Å². The Morgan fingerprint density at radius 2 is 1.67 bits per heavy atom. The van der Waals surface area contributed by atoms with Crippen molar-refractivity contribution < 1.29 is 9.90 Å². The number of Topliss-reactive ketones (excluding diaryl/α,β-unsaturated/α-hetero) is 1. The zero-order valence-electron chi connectivity index (χ0n) is 11.4. The summed E-state index contributed by atoms with van der Waals surface area (Å²) in [5, 5.41) is 10.6. The second kappa shape index (κ2) is 6.01. The van der Waals surface area contributed by atoms with Crippen molar-refractivity contribution in [1.82, 2.24) is 0 Å². The van der Waals surface area contributed by atoms with Crippen LogP contribution in [0.4, 0.5) is 0 Å². The van der Waals surface area contributed by atoms with Crippen molar-refractivity contribution in [2.24, 2.45) is 5.92 Å². The topological polar surface area (TPSA) is 37.3 Å². The average Bonchev–Trinajstić information content (AvgIpc) is 2.32. The summed E-state index contributed by atoms with van der Waals surface area (Å²) in [7, 11) is 0. The molecule has 1 N–H and O–H groups in total. The maximum absolute atomic E-state index is 12.4. The molecule has 2 unspecified atom stereocenters. The minimum absolute atomic E-state index is 0.0377. The van der Waals surface area contributed by atoms with Crippen LogP contribution in [0.2, 0.25) is 0 Å². The molecule has 2 heteroatoms. The van der Waals surface area contributed by atoms with Gasteiger partial charge in [0.25, 0.3) is 0 Å². The molecule has 0 aromatic rings. The van der Waals surface area contributed by atoms with E-state index in [0.717, 1.165) is 37.7 Å². The van der Waals surface area contributed by atoms with Crippen molar-refractivity contribution in [2.75, 3.05) is 0 Å². The summed E-state index contributed by atoms with van der Waals surface area (Å²) in [6.07, 6.45) is 11.2. The fourth-order valence-corrected chi connectivity index (χ4v) is 3.53. The van der Waals surface area contributed by atoms with Crippen LogP contribution in [-0.2, 0) is 4.79 Å². The molecule has 0 aromatic carbocycles. The van der Waals surface area contributed by atoms with Gasteiger partial charge in [-0.1, -0.05) is 57.1 Å². The fourth-order valence-electron chi connectivity index (χ4n) is 3.53. The number of aliphatic hydroxyl groups is 1. The van der Waals surface area contributed by atoms with Crippen molar-refractivity contribution in [3.8, 4) is 0 Å². The highest BCUT2D eigenvalue weighted by atomic mass is 16.3. The Morgan fingerprint density at radius 1 is 1.06 bits per heavy atom. The summed E-state index contributed by atoms with van der Waals surface area (Å²) >= 11 is 0. The summed E-state index contributed by atoms with van der Waals surface area (Å²) in [6.45, 7) is 4.03. The lowest BCUT2D eigenvalue weighted by molar-refractivity contribution is -0.145. The molecule has 2 rings (SSSR count). The molecule has 0 spiro atoms. The van der Waals surface area contributed by atoms with E-state index in [1.54, 1.807) is 0 Å². The largest absolute Gasteiger partial charge is 0.382 e. The second-order valence-electron chi connectivity index (χ2n) is 6.24. The van der Waals surface area contributed by atoms with Gasteiger partial charge in [-0.3, -0.25) is 4.79 Å². The lowest BCUT2D eigenvalue weighted by atomic mass is 9.71. The number of carbonyl (C=O) groups is 1. The Bertz CT molecular complexity index is 321. The van der Waals surface area contributed by atoms with Gasteiger partial charge in [-0.25, -0.2) is 0 Å². The molecule has 2 aliphatic carbocycles. The SMILES string of the molecule is C=C1CC2CCCCCCCCCC(O)(C1)C2=O. The van der Waals surface area contributed by atoms with Gasteiger partial charge in [-0.05, 0) is 19.3 Å². The first-order chi connectivity index (χ1) is 8.62. The molecule has 0 heterocycles. The number of hydrogen-bond donors (Lipinski definition) is 1. The van der Waals surface area contributed by atoms with Crippen molar-refractivity contribution in [2.45, 2.75) is 76.2 Å². The van der Waals surface area contributed by atoms with Crippen LogP contribution < -0.4 is 0 Å². The third-order valence-electron chi connectivity index (χ3n) is 4.55. The van der Waals surface area contributed by atoms with Gasteiger partial charge in [0.15, 0.2) is 5.78 Å². The second-order valence-corrected chi connectivity index (χ2v) is 6.24. The Labute approximate surface area is 110 Å². The van der Waals surface area contributed by atoms with Gasteiger partial charge >= 0.3 is 0 Å². The number of hydrogen-bond acceptors (Lipinski definition) is 2. The standard InChI is InChI=1S/C16H26O2/c1-13-11-14-9-7-5-3-2-4-6-8-10-16(18,12-13)15(14)17/h14,18H,1-12H2. The molecule has 2 atom stereocenters. The highest BCUT2D eigenvalue weighted by molar-refractivity contribution is 5.90. The van der Waals surface area contributed by atoms with Gasteiger partial charge in [0, 0.05) is 12.3 Å². The molecule has 18 heavy (non-hydrogen) atoms. The van der Waals surface area contributed by atoms with Gasteiger partial charge in [0.05, 0.1) is 0 Å². The van der Waals surface area contributed by atoms with Gasteiger partial charge in [-0.2, -0.15) is 0 Å². The number of fused-ring (bicyclic) bond motifs is 2. The Morgan fingerprint density at radius 3 is 2.39 bits per heavy atom. The number of ketones is 1. The van der Waals surface area contributed by atoms with Crippen LogP contribution in [0, 0.1) is 5.92 Å². The molecule has 0 amide bonds. The van der Waals surface area contributed by atoms with Gasteiger partial charge in [0.2, 0.25) is 0 Å². The van der Waals surface area contributed by atoms with E-state index >= 15 is 0 Å². The minimum atomic E-state index is -1.08. The van der Waals surface area contributed by atoms with Crippen molar-refractivity contribution in [3.63, 3.8) is 0 Å². The molecule has 2 saturated carbocycles. The summed E-state index contributed by atoms with van der Waals surface area (Å²) in [5.41, 5.74) is -0.0155. The van der Waals surface area contributed by atoms with E-state index in [1.807, 2.05) is 0 Å². The van der Waals surface area contributed by atoms with E-state index in [4.69, 9.17) is 0 Å². The molecular formula is C16H26O2. The molecule has 2 fully saturated rings. The number of rotatable bonds is 0. The maximum Gasteiger partial charge on any atom is 0.168 e. The van der Waals surface area contributed by atoms with E-state index in [1.165, 1.54) is 25.7 Å². The summed E-state index contributed by atoms with van der Waals surface area (Å²) in [4.78, 5) is 12.4. The molecule has 102 valence electrons. The van der Waals surface area contributed by atoms with Crippen LogP contribution in [0.5, 0.6) is 0 Å². The van der Waals surface area contributed by atoms with Crippen LogP contribution in [-0.4, -0.2) is 16.5 Å². The first-order valence-corrected chi connectivity index (χ1v) is 7.55. The summed E-state index contributed by atoms with van der Waals surface area (Å²) in [6, 6.07) is 0. The molecule has 2 nitrogen and oxygen atoms in total. The lowest BCUT2D eigenvalue weighted by Gasteiger charge is -2.37. The van der Waals surface area contributed by atoms with E-state index < -0.39 is 5.60 Å². The third-order valence-corrected chi connectivity index (χ3v) is 4.55. The maximum atomic E-state index is 12.4. The monoisotopic (exact) mass is 250 g/mol. The highest BCUT2D eigenvalue weighted by Gasteiger charge is 2.43. The normalized spacial score (nSPS) is 35.7. The quantitative estimate of drug-likeness (QED) is 0.664. The molecule has 0 aliphatic heterocycles. The van der Waals surface area contributed by atoms with Gasteiger partial charge < -0.3 is 5.11 Å². The minimum Gasteiger partial charge on any atom is -0.382 e. The van der Waals surface area contributed by atoms with E-state index in [2.05, 4.69) is 6.58 Å². The number of carbonyl (C=O) groups excluding carboxylic acids is 1. The predicted octanol–water partition coefficient (Wildman–Crippen LogP) is 3.78. The van der Waals surface area contributed by atoms with Crippen molar-refractivity contribution in [1.29, 1.82) is 0 Å². The van der Waals surface area contributed by atoms with E-state index in [9.17, 15) is 9.90 Å². The lowest BCUT2D eigenvalue weighted by Crippen LogP contribution is -2.46. The Hall–Kier alpha value is -0.630. The van der Waals surface area contributed by atoms with Crippen molar-refractivity contribution in [3.05, 3.63) is 12.2 Å². The van der Waals surface area contributed by atoms with Crippen LogP contribution in [0.1, 0.15) is 70.6 Å². The van der Waals surface area contributed by atoms with Crippen LogP contribution >= 0.6 is 0 Å². The smallest absolute Gasteiger partial charge is 0.168 e. The third kappa shape index (κ3) is 3.23. The van der Waals surface area contributed by atoms with Crippen LogP contribution in [0.25, 0.3) is 0 Å². The summed E-state index contributed by atoms with van der Waals surface area (Å²) < 4.78 is 0. The fraction of sp³-hybridized carbons (Fsp3) is 0.812. The van der Waals surface area contributed by atoms with Gasteiger partial charge in [-0.15, -0.1) is 0 Å². The Kier molecular flexibility index (Phi) is 4.60. The average molecular weight is 250 g/mol. The molecule has 2 bridgehead atoms. The first-order valence-electron chi connectivity index (χ1n) is 7.55. The molecule has 0 radical (unpaired) electrons. The highest BCUT2D eigenvalue weighted by Crippen LogP contribution is 2.38. The van der Waals surface area contributed by atoms with Crippen LogP contribution in [0.3, 0.4) is 0 Å². The van der Waals surface area contributed by atoms with E-state index in [0.29, 0.717) is 12.8 Å². The molecule has 0 saturated heterocycles. The first kappa shape index (κ1) is 13.8. The molecular weight excluding hydrogens is 224 g/mol. The summed E-state index contributed by atoms with van der Waals surface area (Å²) in [5.74, 6) is 0.145. The van der Waals surface area contributed by atoms with Crippen LogP contribution in [0.15, 0.2) is 12.2 Å². The zero-order valence-corrected chi connectivity index (χ0v) is 11.4. The predicted molar refractivity (Wildman–Crippen MR) is 73.4 cm³/mol.